The van der Waals surface area contributed by atoms with Gasteiger partial charge in [-0.1, -0.05) is 0 Å². The number of nitrogens with one attached hydrogen (secondary N) is 2. The van der Waals surface area contributed by atoms with E-state index in [4.69, 9.17) is 0 Å². The minimum absolute atomic E-state index is 0.0565. The van der Waals surface area contributed by atoms with Crippen LogP contribution < -0.4 is 10.6 Å². The molecule has 0 radical (unpaired) electrons. The highest BCUT2D eigenvalue weighted by Crippen LogP contribution is 2.23. The van der Waals surface area contributed by atoms with Gasteiger partial charge in [-0.3, -0.25) is 9.78 Å². The molecule has 0 aliphatic rings. The van der Waals surface area contributed by atoms with Crippen molar-refractivity contribution in [3.8, 4) is 0 Å². The third-order valence-electron chi connectivity index (χ3n) is 3.13. The standard InChI is InChI=1S/C16H19N3O/c1-11-10-15(4-5-16(11)19-13(3)20)18-12(2)14-6-8-17-9-7-14/h4-10,12,18H,1-3H3,(H,19,20). The van der Waals surface area contributed by atoms with Gasteiger partial charge >= 0.3 is 0 Å². The van der Waals surface area contributed by atoms with Gasteiger partial charge in [-0.25, -0.2) is 0 Å². The zero-order valence-corrected chi connectivity index (χ0v) is 12.0. The number of carbonyl (C=O) groups excluding carboxylic acids is 1. The van der Waals surface area contributed by atoms with Crippen molar-refractivity contribution < 1.29 is 4.79 Å². The van der Waals surface area contributed by atoms with E-state index in [1.54, 1.807) is 12.4 Å². The Balaban J connectivity index is 2.10. The minimum atomic E-state index is -0.0565. The van der Waals surface area contributed by atoms with Gasteiger partial charge < -0.3 is 10.6 Å². The monoisotopic (exact) mass is 269 g/mol. The van der Waals surface area contributed by atoms with Crippen LogP contribution >= 0.6 is 0 Å². The molecule has 1 heterocycles. The fraction of sp³-hybridized carbons (Fsp3) is 0.250. The molecule has 2 N–H and O–H groups in total. The molecule has 0 bridgehead atoms. The summed E-state index contributed by atoms with van der Waals surface area (Å²) in [5.41, 5.74) is 4.09. The molecular formula is C16H19N3O. The molecule has 1 unspecified atom stereocenters. The maximum absolute atomic E-state index is 11.1. The number of hydrogen-bond donors (Lipinski definition) is 2. The van der Waals surface area contributed by atoms with E-state index in [9.17, 15) is 4.79 Å². The van der Waals surface area contributed by atoms with Crippen LogP contribution in [0.5, 0.6) is 0 Å². The van der Waals surface area contributed by atoms with Crippen LogP contribution in [-0.4, -0.2) is 10.9 Å². The zero-order chi connectivity index (χ0) is 14.5. The molecule has 104 valence electrons. The Bertz CT molecular complexity index is 596. The van der Waals surface area contributed by atoms with Crippen molar-refractivity contribution in [1.29, 1.82) is 0 Å². The molecule has 4 heteroatoms. The molecule has 0 spiro atoms. The smallest absolute Gasteiger partial charge is 0.221 e. The van der Waals surface area contributed by atoms with Crippen molar-refractivity contribution in [3.05, 3.63) is 53.9 Å². The molecule has 1 aromatic heterocycles. The SMILES string of the molecule is CC(=O)Nc1ccc(NC(C)c2ccncc2)cc1C. The van der Waals surface area contributed by atoms with E-state index in [2.05, 4.69) is 22.5 Å². The normalized spacial score (nSPS) is 11.8. The van der Waals surface area contributed by atoms with E-state index < -0.39 is 0 Å². The second kappa shape index (κ2) is 6.19. The first-order chi connectivity index (χ1) is 9.56. The molecule has 20 heavy (non-hydrogen) atoms. The molecule has 1 amide bonds. The number of hydrogen-bond acceptors (Lipinski definition) is 3. The van der Waals surface area contributed by atoms with Crippen molar-refractivity contribution in [1.82, 2.24) is 4.98 Å². The summed E-state index contributed by atoms with van der Waals surface area (Å²) in [4.78, 5) is 15.1. The van der Waals surface area contributed by atoms with Crippen LogP contribution in [-0.2, 0) is 4.79 Å². The molecule has 1 aromatic carbocycles. The number of benzene rings is 1. The van der Waals surface area contributed by atoms with Crippen molar-refractivity contribution in [2.24, 2.45) is 0 Å². The third-order valence-corrected chi connectivity index (χ3v) is 3.13. The summed E-state index contributed by atoms with van der Waals surface area (Å²) in [6.07, 6.45) is 3.58. The Hall–Kier alpha value is -2.36. The first-order valence-electron chi connectivity index (χ1n) is 6.61. The summed E-state index contributed by atoms with van der Waals surface area (Å²) in [6, 6.07) is 10.1. The second-order valence-corrected chi connectivity index (χ2v) is 4.86. The first kappa shape index (κ1) is 14.1. The van der Waals surface area contributed by atoms with E-state index in [0.717, 1.165) is 16.9 Å². The minimum Gasteiger partial charge on any atom is -0.379 e. The van der Waals surface area contributed by atoms with Crippen LogP contribution in [0.4, 0.5) is 11.4 Å². The van der Waals surface area contributed by atoms with Crippen LogP contribution in [0, 0.1) is 6.92 Å². The molecule has 1 atom stereocenters. The zero-order valence-electron chi connectivity index (χ0n) is 12.0. The van der Waals surface area contributed by atoms with Gasteiger partial charge in [-0.15, -0.1) is 0 Å². The summed E-state index contributed by atoms with van der Waals surface area (Å²) in [5, 5.41) is 6.25. The van der Waals surface area contributed by atoms with E-state index in [-0.39, 0.29) is 11.9 Å². The molecule has 4 nitrogen and oxygen atoms in total. The number of amides is 1. The van der Waals surface area contributed by atoms with Crippen LogP contribution in [0.3, 0.4) is 0 Å². The Labute approximate surface area is 119 Å². The van der Waals surface area contributed by atoms with Crippen LogP contribution in [0.2, 0.25) is 0 Å². The second-order valence-electron chi connectivity index (χ2n) is 4.86. The molecule has 0 saturated carbocycles. The maximum Gasteiger partial charge on any atom is 0.221 e. The Kier molecular flexibility index (Phi) is 4.35. The average molecular weight is 269 g/mol. The van der Waals surface area contributed by atoms with Crippen molar-refractivity contribution in [3.63, 3.8) is 0 Å². The Morgan fingerprint density at radius 3 is 2.50 bits per heavy atom. The number of pyridine rings is 1. The predicted molar refractivity (Wildman–Crippen MR) is 81.8 cm³/mol. The highest BCUT2D eigenvalue weighted by Gasteiger charge is 2.06. The number of nitrogens with zero attached hydrogens (tertiary/aromatic N) is 1. The van der Waals surface area contributed by atoms with Gasteiger partial charge in [0.2, 0.25) is 5.91 Å². The number of carbonyl (C=O) groups is 1. The fourth-order valence-electron chi connectivity index (χ4n) is 2.07. The Morgan fingerprint density at radius 2 is 1.90 bits per heavy atom. The lowest BCUT2D eigenvalue weighted by Crippen LogP contribution is -2.09. The summed E-state index contributed by atoms with van der Waals surface area (Å²) in [7, 11) is 0. The highest BCUT2D eigenvalue weighted by atomic mass is 16.1. The van der Waals surface area contributed by atoms with Gasteiger partial charge in [0.05, 0.1) is 0 Å². The molecule has 0 saturated heterocycles. The van der Waals surface area contributed by atoms with Gasteiger partial charge in [0.25, 0.3) is 0 Å². The summed E-state index contributed by atoms with van der Waals surface area (Å²) in [5.74, 6) is -0.0565. The van der Waals surface area contributed by atoms with E-state index in [0.29, 0.717) is 0 Å². The van der Waals surface area contributed by atoms with Crippen LogP contribution in [0.1, 0.15) is 31.0 Å². The third kappa shape index (κ3) is 3.57. The van der Waals surface area contributed by atoms with Crippen molar-refractivity contribution in [2.75, 3.05) is 10.6 Å². The largest absolute Gasteiger partial charge is 0.379 e. The number of rotatable bonds is 4. The van der Waals surface area contributed by atoms with Gasteiger partial charge in [-0.05, 0) is 55.3 Å². The lowest BCUT2D eigenvalue weighted by Gasteiger charge is -2.17. The molecule has 0 fully saturated rings. The fourth-order valence-corrected chi connectivity index (χ4v) is 2.07. The van der Waals surface area contributed by atoms with E-state index in [1.165, 1.54) is 12.5 Å². The lowest BCUT2D eigenvalue weighted by atomic mass is 10.1. The van der Waals surface area contributed by atoms with Gasteiger partial charge in [-0.2, -0.15) is 0 Å². The van der Waals surface area contributed by atoms with E-state index in [1.807, 2.05) is 37.3 Å². The topological polar surface area (TPSA) is 54.0 Å². The summed E-state index contributed by atoms with van der Waals surface area (Å²) < 4.78 is 0. The van der Waals surface area contributed by atoms with Gasteiger partial charge in [0.1, 0.15) is 0 Å². The first-order valence-corrected chi connectivity index (χ1v) is 6.61. The molecule has 2 aromatic rings. The molecule has 0 aliphatic heterocycles. The average Bonchev–Trinajstić information content (AvgIpc) is 2.42. The van der Waals surface area contributed by atoms with E-state index >= 15 is 0 Å². The predicted octanol–water partition coefficient (Wildman–Crippen LogP) is 3.52. The maximum atomic E-state index is 11.1. The number of aromatic nitrogens is 1. The van der Waals surface area contributed by atoms with Gasteiger partial charge in [0.15, 0.2) is 0 Å². The Morgan fingerprint density at radius 1 is 1.20 bits per heavy atom. The quantitative estimate of drug-likeness (QED) is 0.893. The number of anilines is 2. The van der Waals surface area contributed by atoms with Gasteiger partial charge in [0, 0.05) is 36.7 Å². The highest BCUT2D eigenvalue weighted by molar-refractivity contribution is 5.89. The summed E-state index contributed by atoms with van der Waals surface area (Å²) >= 11 is 0. The van der Waals surface area contributed by atoms with Crippen molar-refractivity contribution in [2.45, 2.75) is 26.8 Å². The number of aryl methyl sites for hydroxylation is 1. The summed E-state index contributed by atoms with van der Waals surface area (Å²) in [6.45, 7) is 5.59. The van der Waals surface area contributed by atoms with Crippen molar-refractivity contribution >= 4 is 17.3 Å². The molecule has 2 rings (SSSR count). The van der Waals surface area contributed by atoms with Crippen LogP contribution in [0.25, 0.3) is 0 Å². The molecular weight excluding hydrogens is 250 g/mol. The van der Waals surface area contributed by atoms with Crippen LogP contribution in [0.15, 0.2) is 42.7 Å². The molecule has 0 aliphatic carbocycles. The lowest BCUT2D eigenvalue weighted by molar-refractivity contribution is -0.114.